The van der Waals surface area contributed by atoms with Crippen molar-refractivity contribution in [1.29, 1.82) is 0 Å². The van der Waals surface area contributed by atoms with Gasteiger partial charge in [0.05, 0.1) is 25.5 Å². The Hall–Kier alpha value is -4.03. The zero-order valence-electron chi connectivity index (χ0n) is 23.4. The molecule has 18 heteroatoms. The number of carboxylic acid groups (broad SMARTS) is 1. The highest BCUT2D eigenvalue weighted by molar-refractivity contribution is 5.95. The van der Waals surface area contributed by atoms with Crippen LogP contribution in [0.3, 0.4) is 0 Å². The molecule has 2 saturated heterocycles. The van der Waals surface area contributed by atoms with Crippen LogP contribution in [-0.4, -0.2) is 119 Å². The van der Waals surface area contributed by atoms with E-state index >= 15 is 0 Å². The molecule has 5 amide bonds. The SMILES string of the molecule is CC(C)C1NC(=O)C(CC(=O)O)NC(=O)CNC(=O)[C@H](CCCN=C(N)N)NC(=O)C[C@@H]2O[C@H](CNC1=O)[C@@H](O)[C@H]2O. The number of carbonyl (C=O) groups excluding carboxylic acids is 5. The molecular formula is C24H40N8O10. The molecule has 42 heavy (non-hydrogen) atoms. The predicted molar refractivity (Wildman–Crippen MR) is 144 cm³/mol. The topological polar surface area (TPSA) is 297 Å². The summed E-state index contributed by atoms with van der Waals surface area (Å²) in [5, 5.41) is 42.1. The summed E-state index contributed by atoms with van der Waals surface area (Å²) in [5.74, 6) is -6.10. The lowest BCUT2D eigenvalue weighted by Crippen LogP contribution is -2.57. The summed E-state index contributed by atoms with van der Waals surface area (Å²) in [5.41, 5.74) is 10.6. The van der Waals surface area contributed by atoms with E-state index < -0.39 is 103 Å². The highest BCUT2D eigenvalue weighted by Crippen LogP contribution is 2.23. The van der Waals surface area contributed by atoms with E-state index in [0.717, 1.165) is 0 Å². The second kappa shape index (κ2) is 15.8. The molecule has 2 rings (SSSR count). The Balaban J connectivity index is 2.32. The monoisotopic (exact) mass is 600 g/mol. The van der Waals surface area contributed by atoms with Gasteiger partial charge in [-0.15, -0.1) is 0 Å². The molecule has 0 saturated carbocycles. The van der Waals surface area contributed by atoms with Crippen LogP contribution in [0.25, 0.3) is 0 Å². The first-order chi connectivity index (χ1) is 19.7. The normalized spacial score (nSPS) is 30.0. The summed E-state index contributed by atoms with van der Waals surface area (Å²) in [6.45, 7) is 2.41. The summed E-state index contributed by atoms with van der Waals surface area (Å²) < 4.78 is 5.62. The van der Waals surface area contributed by atoms with Crippen molar-refractivity contribution in [3.63, 3.8) is 0 Å². The first-order valence-corrected chi connectivity index (χ1v) is 13.4. The Morgan fingerprint density at radius 1 is 0.929 bits per heavy atom. The Morgan fingerprint density at radius 2 is 1.57 bits per heavy atom. The van der Waals surface area contributed by atoms with E-state index in [2.05, 4.69) is 31.6 Å². The van der Waals surface area contributed by atoms with Gasteiger partial charge in [-0.25, -0.2) is 0 Å². The van der Waals surface area contributed by atoms with Crippen molar-refractivity contribution >= 4 is 41.5 Å². The van der Waals surface area contributed by atoms with Crippen LogP contribution in [-0.2, 0) is 33.5 Å². The van der Waals surface area contributed by atoms with Crippen molar-refractivity contribution in [3.05, 3.63) is 0 Å². The van der Waals surface area contributed by atoms with E-state index in [1.54, 1.807) is 13.8 Å². The molecule has 0 spiro atoms. The summed E-state index contributed by atoms with van der Waals surface area (Å²) >= 11 is 0. The highest BCUT2D eigenvalue weighted by atomic mass is 16.5. The average Bonchev–Trinajstić information content (AvgIpc) is 3.16. The number of ether oxygens (including phenoxy) is 1. The van der Waals surface area contributed by atoms with Crippen LogP contribution >= 0.6 is 0 Å². The molecule has 2 fully saturated rings. The standard InChI is InChI=1S/C24H40N8O10/c1-10(2)18-23(41)28-8-14-20(38)19(37)13(42-14)7-15(33)30-11(4-3-5-27-24(25)26)21(39)29-9-16(34)31-12(6-17(35)36)22(40)32-18/h10-14,18-20,37-38H,3-9H2,1-2H3,(H,28,41)(H,29,39)(H,30,33)(H,31,34)(H,32,40)(H,35,36)(H4,25,26,27)/t11-,12?,13-,14+,18?,19-,20+/m0/s1. The Labute approximate surface area is 241 Å². The maximum atomic E-state index is 12.9. The zero-order valence-corrected chi connectivity index (χ0v) is 23.4. The van der Waals surface area contributed by atoms with Crippen LogP contribution in [0.5, 0.6) is 0 Å². The van der Waals surface area contributed by atoms with Gasteiger partial charge in [0.1, 0.15) is 36.4 Å². The summed E-state index contributed by atoms with van der Waals surface area (Å²) in [6.07, 6.45) is -6.19. The maximum Gasteiger partial charge on any atom is 0.305 e. The minimum absolute atomic E-state index is 0.0436. The molecular weight excluding hydrogens is 560 g/mol. The lowest BCUT2D eigenvalue weighted by atomic mass is 10.0. The molecule has 0 aliphatic carbocycles. The molecule has 0 aromatic rings. The van der Waals surface area contributed by atoms with Crippen LogP contribution in [0, 0.1) is 5.92 Å². The molecule has 2 bridgehead atoms. The molecule has 2 heterocycles. The number of nitrogens with two attached hydrogens (primary N) is 2. The van der Waals surface area contributed by atoms with Gasteiger partial charge in [-0.1, -0.05) is 13.8 Å². The van der Waals surface area contributed by atoms with Gasteiger partial charge in [0.15, 0.2) is 5.96 Å². The number of fused-ring (bicyclic) bond motifs is 2. The predicted octanol–water partition coefficient (Wildman–Crippen LogP) is -5.25. The van der Waals surface area contributed by atoms with Gasteiger partial charge in [0.25, 0.3) is 0 Å². The number of aliphatic imine (C=N–C) groups is 1. The van der Waals surface area contributed by atoms with Gasteiger partial charge >= 0.3 is 5.97 Å². The first-order valence-electron chi connectivity index (χ1n) is 13.4. The first kappa shape index (κ1) is 34.2. The lowest BCUT2D eigenvalue weighted by molar-refractivity contribution is -0.141. The fourth-order valence-electron chi connectivity index (χ4n) is 4.39. The van der Waals surface area contributed by atoms with Crippen molar-refractivity contribution in [2.45, 2.75) is 82.1 Å². The Morgan fingerprint density at radius 3 is 2.19 bits per heavy atom. The van der Waals surface area contributed by atoms with Crippen LogP contribution in [0.1, 0.15) is 39.5 Å². The van der Waals surface area contributed by atoms with Gasteiger partial charge in [0.2, 0.25) is 29.5 Å². The smallest absolute Gasteiger partial charge is 0.305 e. The molecule has 0 aromatic heterocycles. The van der Waals surface area contributed by atoms with Gasteiger partial charge in [0, 0.05) is 13.1 Å². The number of rotatable bonds is 7. The highest BCUT2D eigenvalue weighted by Gasteiger charge is 2.44. The van der Waals surface area contributed by atoms with E-state index in [0.29, 0.717) is 0 Å². The molecule has 2 aliphatic rings. The van der Waals surface area contributed by atoms with Crippen molar-refractivity contribution < 1.29 is 48.8 Å². The van der Waals surface area contributed by atoms with Gasteiger partial charge in [-0.05, 0) is 18.8 Å². The van der Waals surface area contributed by atoms with E-state index in [1.807, 2.05) is 0 Å². The molecule has 2 aliphatic heterocycles. The summed E-state index contributed by atoms with van der Waals surface area (Å²) in [7, 11) is 0. The Kier molecular flexibility index (Phi) is 12.9. The summed E-state index contributed by atoms with van der Waals surface area (Å²) in [6, 6.07) is -3.93. The van der Waals surface area contributed by atoms with Crippen molar-refractivity contribution in [2.24, 2.45) is 22.4 Å². The van der Waals surface area contributed by atoms with Crippen LogP contribution in [0.2, 0.25) is 0 Å². The van der Waals surface area contributed by atoms with Gasteiger partial charge < -0.3 is 58.1 Å². The molecule has 12 N–H and O–H groups in total. The van der Waals surface area contributed by atoms with Gasteiger partial charge in [-0.2, -0.15) is 0 Å². The molecule has 7 atom stereocenters. The van der Waals surface area contributed by atoms with Crippen LogP contribution in [0.4, 0.5) is 0 Å². The molecule has 2 unspecified atom stereocenters. The fourth-order valence-corrected chi connectivity index (χ4v) is 4.39. The van der Waals surface area contributed by atoms with E-state index in [-0.39, 0.29) is 31.9 Å². The number of aliphatic hydroxyl groups excluding tert-OH is 2. The maximum absolute atomic E-state index is 12.9. The van der Waals surface area contributed by atoms with Crippen LogP contribution < -0.4 is 38.1 Å². The number of hydrogen-bond acceptors (Lipinski definition) is 10. The molecule has 18 nitrogen and oxygen atoms in total. The van der Waals surface area contributed by atoms with Crippen molar-refractivity contribution in [2.75, 3.05) is 19.6 Å². The molecule has 0 radical (unpaired) electrons. The number of aliphatic hydroxyl groups is 2. The average molecular weight is 601 g/mol. The third-order valence-corrected chi connectivity index (χ3v) is 6.62. The van der Waals surface area contributed by atoms with Gasteiger partial charge in [-0.3, -0.25) is 33.8 Å². The number of aliphatic carboxylic acids is 1. The van der Waals surface area contributed by atoms with Crippen molar-refractivity contribution in [3.8, 4) is 0 Å². The number of amides is 5. The molecule has 0 aromatic carbocycles. The lowest BCUT2D eigenvalue weighted by Gasteiger charge is -2.25. The van der Waals surface area contributed by atoms with Crippen molar-refractivity contribution in [1.82, 2.24) is 26.6 Å². The number of nitrogens with one attached hydrogen (secondary N) is 5. The number of hydrogen-bond donors (Lipinski definition) is 10. The second-order valence-corrected chi connectivity index (χ2v) is 10.4. The fraction of sp³-hybridized carbons (Fsp3) is 0.708. The second-order valence-electron chi connectivity index (χ2n) is 10.4. The van der Waals surface area contributed by atoms with Crippen LogP contribution in [0.15, 0.2) is 4.99 Å². The van der Waals surface area contributed by atoms with E-state index in [9.17, 15) is 44.1 Å². The molecule has 236 valence electrons. The Bertz CT molecular complexity index is 1050. The quantitative estimate of drug-likeness (QED) is 0.0745. The summed E-state index contributed by atoms with van der Waals surface area (Å²) in [4.78, 5) is 79.3. The largest absolute Gasteiger partial charge is 0.481 e. The number of guanidine groups is 1. The number of carbonyl (C=O) groups is 6. The zero-order chi connectivity index (χ0) is 31.6. The van der Waals surface area contributed by atoms with E-state index in [1.165, 1.54) is 0 Å². The third kappa shape index (κ3) is 10.4. The minimum Gasteiger partial charge on any atom is -0.481 e. The van der Waals surface area contributed by atoms with E-state index in [4.69, 9.17) is 16.2 Å². The third-order valence-electron chi connectivity index (χ3n) is 6.62. The number of nitrogens with zero attached hydrogens (tertiary/aromatic N) is 1. The number of carboxylic acids is 1. The minimum atomic E-state index is -1.59.